The van der Waals surface area contributed by atoms with Gasteiger partial charge in [-0.2, -0.15) is 0 Å². The van der Waals surface area contributed by atoms with Crippen LogP contribution < -0.4 is 0 Å². The van der Waals surface area contributed by atoms with Crippen LogP contribution in [-0.2, 0) is 11.3 Å². The summed E-state index contributed by atoms with van der Waals surface area (Å²) in [5, 5.41) is 9.68. The van der Waals surface area contributed by atoms with Crippen LogP contribution in [0, 0.1) is 12.8 Å². The molecule has 0 radical (unpaired) electrons. The van der Waals surface area contributed by atoms with Crippen molar-refractivity contribution in [3.63, 3.8) is 0 Å². The normalized spacial score (nSPS) is 26.1. The van der Waals surface area contributed by atoms with Gasteiger partial charge in [0.05, 0.1) is 6.10 Å². The second-order valence-electron chi connectivity index (χ2n) is 8.97. The highest BCUT2D eigenvalue weighted by atomic mass is 16.3. The van der Waals surface area contributed by atoms with Gasteiger partial charge in [0.25, 0.3) is 0 Å². The Morgan fingerprint density at radius 1 is 1.00 bits per heavy atom. The number of β-amino-alcohol motifs (C(OH)–C–C–N with tert-alkyl or cyclic N) is 1. The van der Waals surface area contributed by atoms with E-state index in [4.69, 9.17) is 0 Å². The number of aliphatic hydroxyl groups excluding tert-OH is 1. The van der Waals surface area contributed by atoms with Crippen LogP contribution >= 0.6 is 0 Å². The molecule has 0 unspecified atom stereocenters. The molecule has 5 heteroatoms. The second-order valence-corrected chi connectivity index (χ2v) is 8.97. The highest BCUT2D eigenvalue weighted by Crippen LogP contribution is 2.27. The summed E-state index contributed by atoms with van der Waals surface area (Å²) in [4.78, 5) is 19.8. The Hall–Kier alpha value is -1.43. The Morgan fingerprint density at radius 3 is 2.36 bits per heavy atom. The lowest BCUT2D eigenvalue weighted by molar-refractivity contribution is -0.136. The maximum absolute atomic E-state index is 12.7. The first kappa shape index (κ1) is 19.9. The molecule has 0 saturated carbocycles. The van der Waals surface area contributed by atoms with E-state index in [9.17, 15) is 9.90 Å². The molecule has 1 amide bonds. The van der Waals surface area contributed by atoms with Crippen LogP contribution in [0.1, 0.15) is 43.2 Å². The molecule has 3 fully saturated rings. The minimum atomic E-state index is -0.311. The number of benzene rings is 1. The molecule has 154 valence electrons. The number of hydrogen-bond donors (Lipinski definition) is 1. The first-order valence-electron chi connectivity index (χ1n) is 11.1. The van der Waals surface area contributed by atoms with E-state index in [1.807, 2.05) is 4.90 Å². The number of likely N-dealkylation sites (tertiary alicyclic amines) is 3. The van der Waals surface area contributed by atoms with Crippen molar-refractivity contribution in [1.82, 2.24) is 14.7 Å². The van der Waals surface area contributed by atoms with Crippen molar-refractivity contribution in [2.75, 3.05) is 39.3 Å². The molecule has 3 heterocycles. The smallest absolute Gasteiger partial charge is 0.225 e. The second kappa shape index (κ2) is 8.93. The van der Waals surface area contributed by atoms with E-state index in [2.05, 4.69) is 41.0 Å². The van der Waals surface area contributed by atoms with Crippen molar-refractivity contribution in [1.29, 1.82) is 0 Å². The van der Waals surface area contributed by atoms with Crippen LogP contribution in [0.5, 0.6) is 0 Å². The number of carbonyl (C=O) groups is 1. The van der Waals surface area contributed by atoms with Gasteiger partial charge in [0.15, 0.2) is 0 Å². The Bertz CT molecular complexity index is 664. The highest BCUT2D eigenvalue weighted by molar-refractivity contribution is 5.79. The molecule has 28 heavy (non-hydrogen) atoms. The van der Waals surface area contributed by atoms with Crippen LogP contribution in [0.2, 0.25) is 0 Å². The molecule has 0 aromatic heterocycles. The van der Waals surface area contributed by atoms with Crippen molar-refractivity contribution in [2.24, 2.45) is 5.92 Å². The molecule has 0 spiro atoms. The fourth-order valence-corrected chi connectivity index (χ4v) is 5.18. The van der Waals surface area contributed by atoms with Gasteiger partial charge in [0, 0.05) is 31.6 Å². The van der Waals surface area contributed by atoms with Gasteiger partial charge in [0.1, 0.15) is 0 Å². The lowest BCUT2D eigenvalue weighted by Crippen LogP contribution is -2.49. The fourth-order valence-electron chi connectivity index (χ4n) is 5.18. The van der Waals surface area contributed by atoms with Crippen molar-refractivity contribution in [3.05, 3.63) is 35.4 Å². The number of rotatable bonds is 4. The van der Waals surface area contributed by atoms with Gasteiger partial charge < -0.3 is 14.9 Å². The number of hydrogen-bond acceptors (Lipinski definition) is 4. The average molecular weight is 386 g/mol. The van der Waals surface area contributed by atoms with Crippen LogP contribution in [0.15, 0.2) is 24.3 Å². The van der Waals surface area contributed by atoms with E-state index < -0.39 is 0 Å². The molecule has 1 N–H and O–H groups in total. The Balaban J connectivity index is 1.21. The van der Waals surface area contributed by atoms with E-state index in [0.29, 0.717) is 12.6 Å². The molecule has 3 aliphatic rings. The number of aryl methyl sites for hydroxylation is 1. The SMILES string of the molecule is Cc1ccccc1CN1CCC(N2CCC(C(=O)N3CC[C@H](O)C3)CC2)CC1. The van der Waals surface area contributed by atoms with Gasteiger partial charge in [-0.15, -0.1) is 0 Å². The number of amides is 1. The van der Waals surface area contributed by atoms with Gasteiger partial charge in [-0.3, -0.25) is 9.69 Å². The van der Waals surface area contributed by atoms with Crippen molar-refractivity contribution >= 4 is 5.91 Å². The zero-order valence-corrected chi connectivity index (χ0v) is 17.2. The molecule has 0 bridgehead atoms. The molecule has 1 atom stereocenters. The highest BCUT2D eigenvalue weighted by Gasteiger charge is 2.34. The molecule has 1 aromatic carbocycles. The third-order valence-corrected chi connectivity index (χ3v) is 7.08. The fraction of sp³-hybridized carbons (Fsp3) is 0.696. The zero-order chi connectivity index (χ0) is 19.5. The minimum Gasteiger partial charge on any atom is -0.391 e. The minimum absolute atomic E-state index is 0.169. The predicted molar refractivity (Wildman–Crippen MR) is 111 cm³/mol. The lowest BCUT2D eigenvalue weighted by Gasteiger charge is -2.42. The Kier molecular flexibility index (Phi) is 6.34. The molecular formula is C23H35N3O2. The molecule has 3 aliphatic heterocycles. The molecule has 3 saturated heterocycles. The molecule has 4 rings (SSSR count). The van der Waals surface area contributed by atoms with Gasteiger partial charge in [-0.1, -0.05) is 24.3 Å². The summed E-state index contributed by atoms with van der Waals surface area (Å²) >= 11 is 0. The van der Waals surface area contributed by atoms with Crippen molar-refractivity contribution in [2.45, 2.75) is 57.7 Å². The van der Waals surface area contributed by atoms with Crippen LogP contribution in [-0.4, -0.2) is 77.1 Å². The molecule has 5 nitrogen and oxygen atoms in total. The van der Waals surface area contributed by atoms with Crippen LogP contribution in [0.4, 0.5) is 0 Å². The van der Waals surface area contributed by atoms with E-state index in [1.54, 1.807) is 0 Å². The number of nitrogens with zero attached hydrogens (tertiary/aromatic N) is 3. The quantitative estimate of drug-likeness (QED) is 0.864. The number of aliphatic hydroxyl groups is 1. The summed E-state index contributed by atoms with van der Waals surface area (Å²) < 4.78 is 0. The van der Waals surface area contributed by atoms with E-state index in [1.165, 1.54) is 37.1 Å². The first-order chi connectivity index (χ1) is 13.6. The predicted octanol–water partition coefficient (Wildman–Crippen LogP) is 2.26. The van der Waals surface area contributed by atoms with Gasteiger partial charge in [-0.05, 0) is 76.3 Å². The Morgan fingerprint density at radius 2 is 1.71 bits per heavy atom. The summed E-state index contributed by atoms with van der Waals surface area (Å²) in [5.74, 6) is 0.451. The summed E-state index contributed by atoms with van der Waals surface area (Å²) in [6, 6.07) is 9.39. The molecule has 1 aromatic rings. The maximum Gasteiger partial charge on any atom is 0.225 e. The van der Waals surface area contributed by atoms with Crippen molar-refractivity contribution in [3.8, 4) is 0 Å². The van der Waals surface area contributed by atoms with Gasteiger partial charge in [0.2, 0.25) is 5.91 Å². The van der Waals surface area contributed by atoms with Crippen LogP contribution in [0.3, 0.4) is 0 Å². The third-order valence-electron chi connectivity index (χ3n) is 7.08. The lowest BCUT2D eigenvalue weighted by atomic mass is 9.92. The van der Waals surface area contributed by atoms with E-state index >= 15 is 0 Å². The largest absolute Gasteiger partial charge is 0.391 e. The van der Waals surface area contributed by atoms with E-state index in [-0.39, 0.29) is 17.9 Å². The summed E-state index contributed by atoms with van der Waals surface area (Å²) in [6.07, 6.45) is 4.87. The third kappa shape index (κ3) is 4.58. The Labute approximate surface area is 169 Å². The monoisotopic (exact) mass is 385 g/mol. The summed E-state index contributed by atoms with van der Waals surface area (Å²) in [5.41, 5.74) is 2.84. The number of carbonyl (C=O) groups excluding carboxylic acids is 1. The van der Waals surface area contributed by atoms with E-state index in [0.717, 1.165) is 45.4 Å². The van der Waals surface area contributed by atoms with Crippen molar-refractivity contribution < 1.29 is 9.90 Å². The average Bonchev–Trinajstić information content (AvgIpc) is 3.16. The maximum atomic E-state index is 12.7. The van der Waals surface area contributed by atoms with Crippen LogP contribution in [0.25, 0.3) is 0 Å². The van der Waals surface area contributed by atoms with Gasteiger partial charge in [-0.25, -0.2) is 0 Å². The standard InChI is InChI=1S/C23H35N3O2/c1-18-4-2-3-5-20(18)16-24-11-8-21(9-12-24)25-13-6-19(7-14-25)23(28)26-15-10-22(27)17-26/h2-5,19,21-22,27H,6-17H2,1H3/t22-/m0/s1. The molecular weight excluding hydrogens is 350 g/mol. The summed E-state index contributed by atoms with van der Waals surface area (Å²) in [7, 11) is 0. The molecule has 0 aliphatic carbocycles. The van der Waals surface area contributed by atoms with Gasteiger partial charge >= 0.3 is 0 Å². The topological polar surface area (TPSA) is 47.0 Å². The summed E-state index contributed by atoms with van der Waals surface area (Å²) in [6.45, 7) is 8.99. The zero-order valence-electron chi connectivity index (χ0n) is 17.2. The first-order valence-corrected chi connectivity index (χ1v) is 11.1. The number of piperidine rings is 2.